The fourth-order valence-corrected chi connectivity index (χ4v) is 4.21. The summed E-state index contributed by atoms with van der Waals surface area (Å²) < 4.78 is 6.08. The molecule has 0 bridgehead atoms. The molecule has 162 valence electrons. The molecule has 0 spiro atoms. The Morgan fingerprint density at radius 3 is 2.39 bits per heavy atom. The number of benzene rings is 2. The van der Waals surface area contributed by atoms with Crippen LogP contribution >= 0.6 is 0 Å². The second-order valence-electron chi connectivity index (χ2n) is 8.58. The van der Waals surface area contributed by atoms with Gasteiger partial charge in [0.1, 0.15) is 11.6 Å². The smallest absolute Gasteiger partial charge is 0.263 e. The lowest BCUT2D eigenvalue weighted by atomic mass is 10.0. The Balaban J connectivity index is 1.40. The molecule has 1 aliphatic heterocycles. The summed E-state index contributed by atoms with van der Waals surface area (Å²) in [6.07, 6.45) is -0.507. The number of aromatic nitrogens is 1. The van der Waals surface area contributed by atoms with Crippen LogP contribution in [0.15, 0.2) is 54.6 Å². The Labute approximate surface area is 184 Å². The van der Waals surface area contributed by atoms with Crippen LogP contribution < -0.4 is 9.64 Å². The van der Waals surface area contributed by atoms with E-state index in [0.29, 0.717) is 19.0 Å². The molecule has 31 heavy (non-hydrogen) atoms. The molecule has 1 unspecified atom stereocenters. The number of rotatable bonds is 5. The first-order valence-electron chi connectivity index (χ1n) is 11.1. The predicted molar refractivity (Wildman–Crippen MR) is 126 cm³/mol. The fourth-order valence-electron chi connectivity index (χ4n) is 4.21. The molecule has 2 aromatic carbocycles. The van der Waals surface area contributed by atoms with Crippen molar-refractivity contribution in [1.29, 1.82) is 0 Å². The van der Waals surface area contributed by atoms with Gasteiger partial charge in [0, 0.05) is 31.6 Å². The molecule has 1 aromatic heterocycles. The van der Waals surface area contributed by atoms with Crippen molar-refractivity contribution < 1.29 is 9.53 Å². The SMILES string of the molecule is Cc1cc(N2CCN(C(=O)C(C)Oc3ccccc3C(C)C)CC2)nc2ccccc12. The third-order valence-electron chi connectivity index (χ3n) is 6.02. The number of pyridine rings is 1. The summed E-state index contributed by atoms with van der Waals surface area (Å²) in [5.41, 5.74) is 3.37. The molecule has 5 nitrogen and oxygen atoms in total. The Hall–Kier alpha value is -3.08. The van der Waals surface area contributed by atoms with Gasteiger partial charge in [0.15, 0.2) is 6.10 Å². The number of fused-ring (bicyclic) bond motifs is 1. The van der Waals surface area contributed by atoms with Gasteiger partial charge in [0.2, 0.25) is 0 Å². The van der Waals surface area contributed by atoms with Crippen LogP contribution in [0, 0.1) is 6.92 Å². The second-order valence-corrected chi connectivity index (χ2v) is 8.58. The van der Waals surface area contributed by atoms with Gasteiger partial charge in [0.05, 0.1) is 5.52 Å². The average molecular weight is 418 g/mol. The third kappa shape index (κ3) is 4.50. The highest BCUT2D eigenvalue weighted by molar-refractivity contribution is 5.84. The van der Waals surface area contributed by atoms with Crippen LogP contribution in [0.5, 0.6) is 5.75 Å². The number of piperazine rings is 1. The van der Waals surface area contributed by atoms with Gasteiger partial charge in [-0.25, -0.2) is 4.98 Å². The molecule has 0 aliphatic carbocycles. The highest BCUT2D eigenvalue weighted by Gasteiger charge is 2.27. The first-order valence-corrected chi connectivity index (χ1v) is 11.1. The standard InChI is InChI=1S/C26H31N3O2/c1-18(2)21-9-6-8-12-24(21)31-20(4)26(30)29-15-13-28(14-16-29)25-17-19(3)22-10-5-7-11-23(22)27-25/h5-12,17-18,20H,13-16H2,1-4H3. The minimum atomic E-state index is -0.507. The maximum absolute atomic E-state index is 13.0. The number of hydrogen-bond donors (Lipinski definition) is 0. The van der Waals surface area contributed by atoms with Crippen LogP contribution in [0.1, 0.15) is 37.8 Å². The number of ether oxygens (including phenoxy) is 1. The number of para-hydroxylation sites is 2. The van der Waals surface area contributed by atoms with Gasteiger partial charge >= 0.3 is 0 Å². The van der Waals surface area contributed by atoms with Crippen molar-refractivity contribution in [3.63, 3.8) is 0 Å². The largest absolute Gasteiger partial charge is 0.481 e. The molecule has 1 atom stereocenters. The van der Waals surface area contributed by atoms with Crippen molar-refractivity contribution in [2.75, 3.05) is 31.1 Å². The lowest BCUT2D eigenvalue weighted by Gasteiger charge is -2.36. The number of carbonyl (C=O) groups excluding carboxylic acids is 1. The molecule has 0 radical (unpaired) electrons. The summed E-state index contributed by atoms with van der Waals surface area (Å²) in [5, 5.41) is 1.19. The minimum absolute atomic E-state index is 0.0425. The Morgan fingerprint density at radius 1 is 0.968 bits per heavy atom. The van der Waals surface area contributed by atoms with Crippen molar-refractivity contribution >= 4 is 22.6 Å². The maximum atomic E-state index is 13.0. The van der Waals surface area contributed by atoms with E-state index < -0.39 is 6.10 Å². The van der Waals surface area contributed by atoms with E-state index in [1.165, 1.54) is 10.9 Å². The topological polar surface area (TPSA) is 45.7 Å². The molecule has 5 heteroatoms. The van der Waals surface area contributed by atoms with Crippen molar-refractivity contribution in [3.05, 3.63) is 65.7 Å². The number of nitrogens with zero attached hydrogens (tertiary/aromatic N) is 3. The summed E-state index contributed by atoms with van der Waals surface area (Å²) in [6.45, 7) is 11.1. The van der Waals surface area contributed by atoms with E-state index in [2.05, 4.69) is 49.9 Å². The zero-order chi connectivity index (χ0) is 22.0. The van der Waals surface area contributed by atoms with Crippen LogP contribution in [-0.2, 0) is 4.79 Å². The molecule has 0 saturated carbocycles. The Bertz CT molecular complexity index is 1070. The molecule has 1 aliphatic rings. The lowest BCUT2D eigenvalue weighted by Crippen LogP contribution is -2.52. The van der Waals surface area contributed by atoms with Gasteiger partial charge in [-0.1, -0.05) is 50.2 Å². The second kappa shape index (κ2) is 8.96. The molecule has 1 amide bonds. The molecule has 1 saturated heterocycles. The van der Waals surface area contributed by atoms with E-state index >= 15 is 0 Å². The van der Waals surface area contributed by atoms with Crippen molar-refractivity contribution in [2.24, 2.45) is 0 Å². The van der Waals surface area contributed by atoms with Crippen LogP contribution in [0.2, 0.25) is 0 Å². The van der Waals surface area contributed by atoms with Gasteiger partial charge in [-0.3, -0.25) is 4.79 Å². The normalized spacial score (nSPS) is 15.4. The minimum Gasteiger partial charge on any atom is -0.481 e. The van der Waals surface area contributed by atoms with E-state index in [1.807, 2.05) is 42.2 Å². The van der Waals surface area contributed by atoms with Crippen LogP contribution in [-0.4, -0.2) is 48.1 Å². The molecule has 2 heterocycles. The monoisotopic (exact) mass is 417 g/mol. The zero-order valence-electron chi connectivity index (χ0n) is 18.8. The molecule has 4 rings (SSSR count). The number of carbonyl (C=O) groups is 1. The van der Waals surface area contributed by atoms with Crippen LogP contribution in [0.3, 0.4) is 0 Å². The van der Waals surface area contributed by atoms with Crippen LogP contribution in [0.4, 0.5) is 5.82 Å². The number of anilines is 1. The number of hydrogen-bond acceptors (Lipinski definition) is 4. The molecular formula is C26H31N3O2. The van der Waals surface area contributed by atoms with Crippen molar-refractivity contribution in [3.8, 4) is 5.75 Å². The third-order valence-corrected chi connectivity index (χ3v) is 6.02. The van der Waals surface area contributed by atoms with Gasteiger partial charge in [-0.05, 0) is 49.1 Å². The summed E-state index contributed by atoms with van der Waals surface area (Å²) in [4.78, 5) is 22.0. The van der Waals surface area contributed by atoms with E-state index in [1.54, 1.807) is 0 Å². The number of aryl methyl sites for hydroxylation is 1. The first kappa shape index (κ1) is 21.2. The first-order chi connectivity index (χ1) is 14.9. The molecular weight excluding hydrogens is 386 g/mol. The van der Waals surface area contributed by atoms with Crippen molar-refractivity contribution in [1.82, 2.24) is 9.88 Å². The van der Waals surface area contributed by atoms with E-state index in [-0.39, 0.29) is 5.91 Å². The molecule has 3 aromatic rings. The highest BCUT2D eigenvalue weighted by atomic mass is 16.5. The van der Waals surface area contributed by atoms with Gasteiger partial charge in [-0.15, -0.1) is 0 Å². The summed E-state index contributed by atoms with van der Waals surface area (Å²) in [7, 11) is 0. The Kier molecular flexibility index (Phi) is 6.12. The summed E-state index contributed by atoms with van der Waals surface area (Å²) >= 11 is 0. The average Bonchev–Trinajstić information content (AvgIpc) is 2.79. The highest BCUT2D eigenvalue weighted by Crippen LogP contribution is 2.27. The molecule has 1 fully saturated rings. The lowest BCUT2D eigenvalue weighted by molar-refractivity contribution is -0.138. The van der Waals surface area contributed by atoms with Crippen LogP contribution in [0.25, 0.3) is 10.9 Å². The van der Waals surface area contributed by atoms with E-state index in [9.17, 15) is 4.79 Å². The quantitative estimate of drug-likeness (QED) is 0.599. The van der Waals surface area contributed by atoms with Crippen molar-refractivity contribution in [2.45, 2.75) is 39.7 Å². The predicted octanol–water partition coefficient (Wildman–Crippen LogP) is 4.78. The van der Waals surface area contributed by atoms with E-state index in [0.717, 1.165) is 35.7 Å². The molecule has 0 N–H and O–H groups in total. The van der Waals surface area contributed by atoms with E-state index in [4.69, 9.17) is 9.72 Å². The van der Waals surface area contributed by atoms with Gasteiger partial charge < -0.3 is 14.5 Å². The van der Waals surface area contributed by atoms with Gasteiger partial charge in [0.25, 0.3) is 5.91 Å². The fraction of sp³-hybridized carbons (Fsp3) is 0.385. The number of amides is 1. The Morgan fingerprint density at radius 2 is 1.65 bits per heavy atom. The van der Waals surface area contributed by atoms with Gasteiger partial charge in [-0.2, -0.15) is 0 Å². The maximum Gasteiger partial charge on any atom is 0.263 e. The zero-order valence-corrected chi connectivity index (χ0v) is 18.8. The summed E-state index contributed by atoms with van der Waals surface area (Å²) in [6, 6.07) is 18.4. The summed E-state index contributed by atoms with van der Waals surface area (Å²) in [5.74, 6) is 2.17.